The molecule has 1 aromatic heterocycles. The van der Waals surface area contributed by atoms with Crippen LogP contribution < -0.4 is 10.5 Å². The van der Waals surface area contributed by atoms with Crippen molar-refractivity contribution in [2.75, 3.05) is 31.1 Å². The molecule has 4 rings (SSSR count). The molecular weight excluding hydrogens is 364 g/mol. The second-order valence-electron chi connectivity index (χ2n) is 7.19. The Labute approximate surface area is 163 Å². The first kappa shape index (κ1) is 18.0. The number of aromatic nitrogens is 2. The van der Waals surface area contributed by atoms with Gasteiger partial charge in [0.25, 0.3) is 5.56 Å². The third kappa shape index (κ3) is 3.46. The second-order valence-corrected chi connectivity index (χ2v) is 7.60. The van der Waals surface area contributed by atoms with Gasteiger partial charge < -0.3 is 9.80 Å². The van der Waals surface area contributed by atoms with Crippen LogP contribution in [0.25, 0.3) is 0 Å². The van der Waals surface area contributed by atoms with Gasteiger partial charge in [-0.1, -0.05) is 23.7 Å². The van der Waals surface area contributed by atoms with Crippen LogP contribution in [-0.2, 0) is 17.6 Å². The maximum absolute atomic E-state index is 12.9. The molecule has 0 N–H and O–H groups in total. The average molecular weight is 387 g/mol. The van der Waals surface area contributed by atoms with Crippen LogP contribution in [0.1, 0.15) is 30.6 Å². The number of carbonyl (C=O) groups is 1. The van der Waals surface area contributed by atoms with Gasteiger partial charge in [-0.2, -0.15) is 5.10 Å². The fourth-order valence-electron chi connectivity index (χ4n) is 3.94. The van der Waals surface area contributed by atoms with E-state index < -0.39 is 6.04 Å². The van der Waals surface area contributed by atoms with Crippen LogP contribution >= 0.6 is 11.6 Å². The summed E-state index contributed by atoms with van der Waals surface area (Å²) >= 11 is 6.28. The molecule has 1 aromatic carbocycles. The molecule has 0 unspecified atom stereocenters. The quantitative estimate of drug-likeness (QED) is 0.812. The largest absolute Gasteiger partial charge is 0.367 e. The van der Waals surface area contributed by atoms with Gasteiger partial charge in [0.2, 0.25) is 5.91 Å². The summed E-state index contributed by atoms with van der Waals surface area (Å²) in [7, 11) is 0. The molecule has 1 amide bonds. The SMILES string of the molecule is C[C@@H](C(=O)N1CCN(c2ccccc2Cl)CC1)n1nc2c(cc1=O)CCC2. The van der Waals surface area contributed by atoms with Crippen LogP contribution in [0.5, 0.6) is 0 Å². The fourth-order valence-corrected chi connectivity index (χ4v) is 4.19. The molecule has 0 spiro atoms. The number of fused-ring (bicyclic) bond motifs is 1. The molecule has 6 nitrogen and oxygen atoms in total. The van der Waals surface area contributed by atoms with E-state index in [0.29, 0.717) is 26.2 Å². The van der Waals surface area contributed by atoms with Crippen molar-refractivity contribution in [3.8, 4) is 0 Å². The highest BCUT2D eigenvalue weighted by molar-refractivity contribution is 6.33. The zero-order valence-electron chi connectivity index (χ0n) is 15.4. The Kier molecular flexibility index (Phi) is 4.91. The summed E-state index contributed by atoms with van der Waals surface area (Å²) in [6.07, 6.45) is 2.82. The molecular formula is C20H23ClN4O2. The zero-order valence-corrected chi connectivity index (χ0v) is 16.2. The Hall–Kier alpha value is -2.34. The first-order chi connectivity index (χ1) is 13.0. The molecule has 1 saturated heterocycles. The maximum Gasteiger partial charge on any atom is 0.267 e. The van der Waals surface area contributed by atoms with Crippen molar-refractivity contribution < 1.29 is 4.79 Å². The van der Waals surface area contributed by atoms with E-state index in [-0.39, 0.29) is 11.5 Å². The van der Waals surface area contributed by atoms with Crippen molar-refractivity contribution >= 4 is 23.2 Å². The summed E-state index contributed by atoms with van der Waals surface area (Å²) in [5.74, 6) is -0.0543. The van der Waals surface area contributed by atoms with Gasteiger partial charge in [-0.05, 0) is 43.9 Å². The molecule has 2 aromatic rings. The number of nitrogens with zero attached hydrogens (tertiary/aromatic N) is 4. The summed E-state index contributed by atoms with van der Waals surface area (Å²) in [5, 5.41) is 5.19. The van der Waals surface area contributed by atoms with Crippen LogP contribution in [0, 0.1) is 0 Å². The predicted molar refractivity (Wildman–Crippen MR) is 105 cm³/mol. The Morgan fingerprint density at radius 1 is 1.15 bits per heavy atom. The monoisotopic (exact) mass is 386 g/mol. The minimum absolute atomic E-state index is 0.0543. The minimum atomic E-state index is -0.588. The predicted octanol–water partition coefficient (Wildman–Crippen LogP) is 2.30. The summed E-state index contributed by atoms with van der Waals surface area (Å²) in [4.78, 5) is 29.3. The normalized spacial score (nSPS) is 17.7. The van der Waals surface area contributed by atoms with Gasteiger partial charge in [-0.3, -0.25) is 9.59 Å². The van der Waals surface area contributed by atoms with Gasteiger partial charge in [0.05, 0.1) is 16.4 Å². The standard InChI is InChI=1S/C20H23ClN4O2/c1-14(25-19(26)13-15-5-4-7-17(15)22-25)20(27)24-11-9-23(10-12-24)18-8-3-2-6-16(18)21/h2-3,6,8,13-14H,4-5,7,9-12H2,1H3/t14-/m0/s1. The van der Waals surface area contributed by atoms with Crippen LogP contribution in [0.4, 0.5) is 5.69 Å². The minimum Gasteiger partial charge on any atom is -0.367 e. The number of piperazine rings is 1. The van der Waals surface area contributed by atoms with E-state index in [2.05, 4.69) is 10.00 Å². The van der Waals surface area contributed by atoms with Crippen LogP contribution in [-0.4, -0.2) is 46.8 Å². The number of anilines is 1. The van der Waals surface area contributed by atoms with Crippen LogP contribution in [0.15, 0.2) is 35.1 Å². The Bertz CT molecular complexity index is 918. The molecule has 0 radical (unpaired) electrons. The number of carbonyl (C=O) groups excluding carboxylic acids is 1. The van der Waals surface area contributed by atoms with Crippen molar-refractivity contribution in [1.29, 1.82) is 0 Å². The van der Waals surface area contributed by atoms with Crippen LogP contribution in [0.2, 0.25) is 5.02 Å². The first-order valence-corrected chi connectivity index (χ1v) is 9.82. The summed E-state index contributed by atoms with van der Waals surface area (Å²) in [5.41, 5.74) is 2.80. The molecule has 27 heavy (non-hydrogen) atoms. The number of rotatable bonds is 3. The van der Waals surface area contributed by atoms with Crippen molar-refractivity contribution in [3.05, 3.63) is 57.0 Å². The Morgan fingerprint density at radius 3 is 2.63 bits per heavy atom. The third-order valence-electron chi connectivity index (χ3n) is 5.49. The summed E-state index contributed by atoms with van der Waals surface area (Å²) in [6.45, 7) is 4.41. The third-order valence-corrected chi connectivity index (χ3v) is 5.81. The lowest BCUT2D eigenvalue weighted by Gasteiger charge is -2.37. The number of halogens is 1. The van der Waals surface area contributed by atoms with E-state index in [1.54, 1.807) is 13.0 Å². The fraction of sp³-hybridized carbons (Fsp3) is 0.450. The highest BCUT2D eigenvalue weighted by atomic mass is 35.5. The average Bonchev–Trinajstić information content (AvgIpc) is 3.14. The van der Waals surface area contributed by atoms with Crippen molar-refractivity contribution in [2.45, 2.75) is 32.2 Å². The Morgan fingerprint density at radius 2 is 1.89 bits per heavy atom. The number of hydrogen-bond acceptors (Lipinski definition) is 4. The molecule has 0 saturated carbocycles. The van der Waals surface area contributed by atoms with Crippen molar-refractivity contribution in [1.82, 2.24) is 14.7 Å². The van der Waals surface area contributed by atoms with Crippen molar-refractivity contribution in [3.63, 3.8) is 0 Å². The van der Waals surface area contributed by atoms with Crippen molar-refractivity contribution in [2.24, 2.45) is 0 Å². The summed E-state index contributed by atoms with van der Waals surface area (Å²) in [6, 6.07) is 8.81. The molecule has 1 aliphatic carbocycles. The highest BCUT2D eigenvalue weighted by Gasteiger charge is 2.28. The van der Waals surface area contributed by atoms with E-state index in [1.807, 2.05) is 29.2 Å². The lowest BCUT2D eigenvalue weighted by atomic mass is 10.2. The molecule has 7 heteroatoms. The molecule has 1 fully saturated rings. The molecule has 1 atom stereocenters. The zero-order chi connectivity index (χ0) is 19.0. The van der Waals surface area contributed by atoms with Gasteiger partial charge in [-0.15, -0.1) is 0 Å². The van der Waals surface area contributed by atoms with Gasteiger partial charge in [-0.25, -0.2) is 4.68 Å². The molecule has 1 aliphatic heterocycles. The number of aryl methyl sites for hydroxylation is 2. The Balaban J connectivity index is 1.45. The first-order valence-electron chi connectivity index (χ1n) is 9.44. The molecule has 2 heterocycles. The topological polar surface area (TPSA) is 58.4 Å². The van der Waals surface area contributed by atoms with E-state index in [9.17, 15) is 9.59 Å². The number of amides is 1. The van der Waals surface area contributed by atoms with Gasteiger partial charge in [0.1, 0.15) is 6.04 Å². The van der Waals surface area contributed by atoms with Crippen LogP contribution in [0.3, 0.4) is 0 Å². The smallest absolute Gasteiger partial charge is 0.267 e. The molecule has 0 bridgehead atoms. The highest BCUT2D eigenvalue weighted by Crippen LogP contribution is 2.26. The van der Waals surface area contributed by atoms with E-state index >= 15 is 0 Å². The van der Waals surface area contributed by atoms with Gasteiger partial charge >= 0.3 is 0 Å². The second kappa shape index (κ2) is 7.35. The lowest BCUT2D eigenvalue weighted by molar-refractivity contribution is -0.135. The molecule has 142 valence electrons. The van der Waals surface area contributed by atoms with Gasteiger partial charge in [0.15, 0.2) is 0 Å². The van der Waals surface area contributed by atoms with E-state index in [1.165, 1.54) is 4.68 Å². The lowest BCUT2D eigenvalue weighted by Crippen LogP contribution is -2.51. The van der Waals surface area contributed by atoms with E-state index in [0.717, 1.165) is 41.2 Å². The number of benzene rings is 1. The number of para-hydroxylation sites is 1. The van der Waals surface area contributed by atoms with Gasteiger partial charge in [0, 0.05) is 32.2 Å². The summed E-state index contributed by atoms with van der Waals surface area (Å²) < 4.78 is 1.35. The number of hydrogen-bond donors (Lipinski definition) is 0. The molecule has 2 aliphatic rings. The van der Waals surface area contributed by atoms with E-state index in [4.69, 9.17) is 11.6 Å². The maximum atomic E-state index is 12.9.